The summed E-state index contributed by atoms with van der Waals surface area (Å²) < 4.78 is 16.7. The zero-order valence-electron chi connectivity index (χ0n) is 14.8. The predicted molar refractivity (Wildman–Crippen MR) is 89.2 cm³/mol. The summed E-state index contributed by atoms with van der Waals surface area (Å²) >= 11 is 0. The molecule has 1 aliphatic rings. The topological polar surface area (TPSA) is 102 Å². The van der Waals surface area contributed by atoms with Crippen molar-refractivity contribution in [1.82, 2.24) is 20.7 Å². The molecular weight excluding hydrogens is 324 g/mol. The molecule has 1 fully saturated rings. The van der Waals surface area contributed by atoms with Gasteiger partial charge in [0.1, 0.15) is 11.9 Å². The van der Waals surface area contributed by atoms with E-state index in [1.807, 2.05) is 20.8 Å². The smallest absolute Gasteiger partial charge is 0.255 e. The Bertz CT molecular complexity index is 705. The third-order valence-electron chi connectivity index (χ3n) is 4.56. The van der Waals surface area contributed by atoms with Gasteiger partial charge in [-0.25, -0.2) is 0 Å². The summed E-state index contributed by atoms with van der Waals surface area (Å²) in [5.74, 6) is 0.615. The minimum Gasteiger partial charge on any atom is -0.379 e. The molecule has 1 aliphatic heterocycles. The Morgan fingerprint density at radius 1 is 1.48 bits per heavy atom. The number of aromatic nitrogens is 3. The lowest BCUT2D eigenvalue weighted by molar-refractivity contribution is -0.0739. The number of nitrogens with one attached hydrogen (secondary N) is 2. The van der Waals surface area contributed by atoms with E-state index in [1.54, 1.807) is 6.20 Å². The van der Waals surface area contributed by atoms with Gasteiger partial charge in [-0.15, -0.1) is 0 Å². The first-order chi connectivity index (χ1) is 12.1. The molecule has 0 bridgehead atoms. The second-order valence-corrected chi connectivity index (χ2v) is 6.21. The lowest BCUT2D eigenvalue weighted by atomic mass is 10.0. The molecule has 8 heteroatoms. The molecule has 2 aromatic heterocycles. The van der Waals surface area contributed by atoms with E-state index in [4.69, 9.17) is 14.0 Å². The number of hydrogen-bond acceptors (Lipinski definition) is 6. The van der Waals surface area contributed by atoms with Crippen LogP contribution in [0.3, 0.4) is 0 Å². The van der Waals surface area contributed by atoms with Crippen LogP contribution in [0.2, 0.25) is 0 Å². The standard InChI is InChI=1S/C17H24N4O4/c1-4-14-12(7-18-20-14)17(22)19-15-5-6-23-9-16(15)24-8-13-10(2)21-25-11(13)3/h7,15-16H,4-6,8-9H2,1-3H3,(H,18,20)(H,19,22)/t15-,16-/m1/s1. The third kappa shape index (κ3) is 3.91. The zero-order valence-corrected chi connectivity index (χ0v) is 14.8. The molecule has 0 unspecified atom stereocenters. The second-order valence-electron chi connectivity index (χ2n) is 6.21. The van der Waals surface area contributed by atoms with E-state index < -0.39 is 0 Å². The molecule has 0 spiro atoms. The molecule has 25 heavy (non-hydrogen) atoms. The van der Waals surface area contributed by atoms with Gasteiger partial charge in [0.2, 0.25) is 0 Å². The minimum atomic E-state index is -0.219. The number of aromatic amines is 1. The monoisotopic (exact) mass is 348 g/mol. The Kier molecular flexibility index (Phi) is 5.50. The first kappa shape index (κ1) is 17.6. The molecule has 2 aromatic rings. The minimum absolute atomic E-state index is 0.110. The van der Waals surface area contributed by atoms with Gasteiger partial charge in [0.05, 0.1) is 36.7 Å². The Morgan fingerprint density at radius 3 is 3.04 bits per heavy atom. The van der Waals surface area contributed by atoms with E-state index in [0.29, 0.717) is 31.8 Å². The van der Waals surface area contributed by atoms with Crippen LogP contribution in [0.15, 0.2) is 10.7 Å². The SMILES string of the molecule is CCc1[nH]ncc1C(=O)N[C@@H]1CCOC[C@H]1OCc1c(C)noc1C. The van der Waals surface area contributed by atoms with Gasteiger partial charge in [-0.3, -0.25) is 9.89 Å². The van der Waals surface area contributed by atoms with Gasteiger partial charge < -0.3 is 19.3 Å². The lowest BCUT2D eigenvalue weighted by Gasteiger charge is -2.32. The number of amides is 1. The highest BCUT2D eigenvalue weighted by molar-refractivity contribution is 5.95. The van der Waals surface area contributed by atoms with E-state index >= 15 is 0 Å². The van der Waals surface area contributed by atoms with Crippen LogP contribution >= 0.6 is 0 Å². The van der Waals surface area contributed by atoms with Gasteiger partial charge >= 0.3 is 0 Å². The Morgan fingerprint density at radius 2 is 2.32 bits per heavy atom. The van der Waals surface area contributed by atoms with Gasteiger partial charge in [0, 0.05) is 17.9 Å². The molecule has 1 saturated heterocycles. The van der Waals surface area contributed by atoms with Crippen molar-refractivity contribution in [3.05, 3.63) is 34.5 Å². The van der Waals surface area contributed by atoms with Crippen molar-refractivity contribution in [3.8, 4) is 0 Å². The second kappa shape index (κ2) is 7.79. The van der Waals surface area contributed by atoms with Crippen LogP contribution in [0.5, 0.6) is 0 Å². The number of hydrogen-bond donors (Lipinski definition) is 2. The molecule has 136 valence electrons. The van der Waals surface area contributed by atoms with Gasteiger partial charge in [0.25, 0.3) is 5.91 Å². The van der Waals surface area contributed by atoms with E-state index in [9.17, 15) is 4.79 Å². The average molecular weight is 348 g/mol. The van der Waals surface area contributed by atoms with Gasteiger partial charge in [-0.2, -0.15) is 5.10 Å². The summed E-state index contributed by atoms with van der Waals surface area (Å²) in [5, 5.41) is 13.8. The normalized spacial score (nSPS) is 20.6. The van der Waals surface area contributed by atoms with Crippen LogP contribution in [-0.4, -0.2) is 46.6 Å². The third-order valence-corrected chi connectivity index (χ3v) is 4.56. The molecular formula is C17H24N4O4. The fourth-order valence-corrected chi connectivity index (χ4v) is 2.96. The highest BCUT2D eigenvalue weighted by Crippen LogP contribution is 2.18. The van der Waals surface area contributed by atoms with Crippen molar-refractivity contribution in [2.45, 2.75) is 52.4 Å². The van der Waals surface area contributed by atoms with E-state index in [0.717, 1.165) is 29.1 Å². The maximum absolute atomic E-state index is 12.5. The maximum atomic E-state index is 12.5. The van der Waals surface area contributed by atoms with Crippen molar-refractivity contribution >= 4 is 5.91 Å². The summed E-state index contributed by atoms with van der Waals surface area (Å²) in [4.78, 5) is 12.5. The maximum Gasteiger partial charge on any atom is 0.255 e. The Hall–Kier alpha value is -2.19. The van der Waals surface area contributed by atoms with Crippen LogP contribution in [0.25, 0.3) is 0 Å². The van der Waals surface area contributed by atoms with Crippen molar-refractivity contribution in [3.63, 3.8) is 0 Å². The molecule has 0 aromatic carbocycles. The summed E-state index contributed by atoms with van der Waals surface area (Å²) in [6.45, 7) is 7.15. The molecule has 1 amide bonds. The number of carbonyl (C=O) groups is 1. The Balaban J connectivity index is 1.64. The fraction of sp³-hybridized carbons (Fsp3) is 0.588. The predicted octanol–water partition coefficient (Wildman–Crippen LogP) is 1.68. The van der Waals surface area contributed by atoms with Crippen LogP contribution < -0.4 is 5.32 Å². The Labute approximate surface area is 146 Å². The highest BCUT2D eigenvalue weighted by Gasteiger charge is 2.29. The molecule has 8 nitrogen and oxygen atoms in total. The molecule has 3 rings (SSSR count). The quantitative estimate of drug-likeness (QED) is 0.823. The molecule has 0 radical (unpaired) electrons. The number of carbonyl (C=O) groups excluding carboxylic acids is 1. The summed E-state index contributed by atoms with van der Waals surface area (Å²) in [5.41, 5.74) is 3.18. The van der Waals surface area contributed by atoms with Gasteiger partial charge in [0.15, 0.2) is 0 Å². The average Bonchev–Trinajstić information content (AvgIpc) is 3.21. The van der Waals surface area contributed by atoms with Crippen LogP contribution in [0, 0.1) is 13.8 Å². The van der Waals surface area contributed by atoms with E-state index in [-0.39, 0.29) is 18.1 Å². The van der Waals surface area contributed by atoms with Crippen LogP contribution in [0.1, 0.15) is 46.4 Å². The van der Waals surface area contributed by atoms with Gasteiger partial charge in [-0.1, -0.05) is 12.1 Å². The van der Waals surface area contributed by atoms with E-state index in [2.05, 4.69) is 20.7 Å². The first-order valence-electron chi connectivity index (χ1n) is 8.54. The number of rotatable bonds is 6. The highest BCUT2D eigenvalue weighted by atomic mass is 16.5. The molecule has 3 heterocycles. The van der Waals surface area contributed by atoms with Crippen LogP contribution in [-0.2, 0) is 22.5 Å². The largest absolute Gasteiger partial charge is 0.379 e. The number of aryl methyl sites for hydroxylation is 3. The molecule has 0 saturated carbocycles. The molecule has 2 N–H and O–H groups in total. The first-order valence-corrected chi connectivity index (χ1v) is 8.54. The summed E-state index contributed by atoms with van der Waals surface area (Å²) in [6, 6.07) is -0.110. The summed E-state index contributed by atoms with van der Waals surface area (Å²) in [7, 11) is 0. The van der Waals surface area contributed by atoms with E-state index in [1.165, 1.54) is 0 Å². The number of H-pyrrole nitrogens is 1. The van der Waals surface area contributed by atoms with Crippen molar-refractivity contribution in [2.75, 3.05) is 13.2 Å². The molecule has 2 atom stereocenters. The van der Waals surface area contributed by atoms with Crippen molar-refractivity contribution < 1.29 is 18.8 Å². The number of ether oxygens (including phenoxy) is 2. The summed E-state index contributed by atoms with van der Waals surface area (Å²) in [6.07, 6.45) is 2.77. The van der Waals surface area contributed by atoms with Crippen LogP contribution in [0.4, 0.5) is 0 Å². The van der Waals surface area contributed by atoms with Crippen molar-refractivity contribution in [2.24, 2.45) is 0 Å². The zero-order chi connectivity index (χ0) is 17.8. The van der Waals surface area contributed by atoms with Crippen molar-refractivity contribution in [1.29, 1.82) is 0 Å². The fourth-order valence-electron chi connectivity index (χ4n) is 2.96. The lowest BCUT2D eigenvalue weighted by Crippen LogP contribution is -2.50. The molecule has 0 aliphatic carbocycles. The van der Waals surface area contributed by atoms with Gasteiger partial charge in [-0.05, 0) is 26.7 Å². The number of nitrogens with zero attached hydrogens (tertiary/aromatic N) is 2.